The van der Waals surface area contributed by atoms with Crippen molar-refractivity contribution in [3.63, 3.8) is 0 Å². The van der Waals surface area contributed by atoms with Gasteiger partial charge >= 0.3 is 0 Å². The Morgan fingerprint density at radius 2 is 2.36 bits per heavy atom. The van der Waals surface area contributed by atoms with Crippen molar-refractivity contribution in [3.8, 4) is 0 Å². The number of hydrogen-bond donors (Lipinski definition) is 1. The minimum atomic E-state index is 0.249. The van der Waals surface area contributed by atoms with Crippen LogP contribution in [0, 0.1) is 6.92 Å². The van der Waals surface area contributed by atoms with Gasteiger partial charge in [0.2, 0.25) is 0 Å². The molecule has 1 aromatic heterocycles. The molecule has 80 valence electrons. The van der Waals surface area contributed by atoms with Crippen LogP contribution in [0.1, 0.15) is 30.7 Å². The van der Waals surface area contributed by atoms with Gasteiger partial charge in [-0.2, -0.15) is 0 Å². The molecule has 3 heteroatoms. The lowest BCUT2D eigenvalue weighted by Crippen LogP contribution is -2.26. The van der Waals surface area contributed by atoms with Crippen molar-refractivity contribution in [2.45, 2.75) is 26.3 Å². The van der Waals surface area contributed by atoms with E-state index in [1.807, 2.05) is 13.0 Å². The van der Waals surface area contributed by atoms with Crippen LogP contribution in [0.4, 0.5) is 0 Å². The van der Waals surface area contributed by atoms with E-state index in [1.54, 1.807) is 13.4 Å². The van der Waals surface area contributed by atoms with E-state index >= 15 is 0 Å². The highest BCUT2D eigenvalue weighted by Gasteiger charge is 2.14. The highest BCUT2D eigenvalue weighted by atomic mass is 16.5. The molecule has 0 fully saturated rings. The van der Waals surface area contributed by atoms with Crippen molar-refractivity contribution in [1.82, 2.24) is 5.32 Å². The Kier molecular flexibility index (Phi) is 4.70. The number of nitrogens with one attached hydrogen (secondary N) is 1. The van der Waals surface area contributed by atoms with Gasteiger partial charge in [0.1, 0.15) is 5.76 Å². The van der Waals surface area contributed by atoms with E-state index < -0.39 is 0 Å². The SMILES string of the molecule is CCCNC(COC)c1ccoc1C. The van der Waals surface area contributed by atoms with Gasteiger partial charge in [-0.3, -0.25) is 0 Å². The van der Waals surface area contributed by atoms with E-state index in [-0.39, 0.29) is 6.04 Å². The summed E-state index contributed by atoms with van der Waals surface area (Å²) in [5.41, 5.74) is 1.19. The van der Waals surface area contributed by atoms with Crippen molar-refractivity contribution in [2.24, 2.45) is 0 Å². The first-order chi connectivity index (χ1) is 6.79. The third-order valence-electron chi connectivity index (χ3n) is 2.25. The molecule has 0 radical (unpaired) electrons. The van der Waals surface area contributed by atoms with Crippen molar-refractivity contribution in [2.75, 3.05) is 20.3 Å². The maximum Gasteiger partial charge on any atom is 0.105 e. The van der Waals surface area contributed by atoms with Crippen LogP contribution in [-0.4, -0.2) is 20.3 Å². The fraction of sp³-hybridized carbons (Fsp3) is 0.636. The maximum atomic E-state index is 5.28. The third-order valence-corrected chi connectivity index (χ3v) is 2.25. The summed E-state index contributed by atoms with van der Waals surface area (Å²) in [5.74, 6) is 0.968. The molecule has 0 aliphatic rings. The number of ether oxygens (including phenoxy) is 1. The lowest BCUT2D eigenvalue weighted by atomic mass is 10.1. The molecule has 0 aromatic carbocycles. The fourth-order valence-corrected chi connectivity index (χ4v) is 1.50. The van der Waals surface area contributed by atoms with Crippen LogP contribution >= 0.6 is 0 Å². The van der Waals surface area contributed by atoms with E-state index in [2.05, 4.69) is 12.2 Å². The van der Waals surface area contributed by atoms with E-state index in [9.17, 15) is 0 Å². The van der Waals surface area contributed by atoms with E-state index in [0.29, 0.717) is 6.61 Å². The first-order valence-electron chi connectivity index (χ1n) is 5.06. The molecule has 0 bridgehead atoms. The van der Waals surface area contributed by atoms with Gasteiger partial charge in [-0.15, -0.1) is 0 Å². The lowest BCUT2D eigenvalue weighted by molar-refractivity contribution is 0.166. The summed E-state index contributed by atoms with van der Waals surface area (Å²) >= 11 is 0. The summed E-state index contributed by atoms with van der Waals surface area (Å²) < 4.78 is 10.5. The molecule has 1 heterocycles. The predicted octanol–water partition coefficient (Wildman–Crippen LogP) is 2.28. The Balaban J connectivity index is 2.62. The highest BCUT2D eigenvalue weighted by molar-refractivity contribution is 5.20. The first-order valence-corrected chi connectivity index (χ1v) is 5.06. The molecule has 14 heavy (non-hydrogen) atoms. The molecule has 1 N–H and O–H groups in total. The average Bonchev–Trinajstić information content (AvgIpc) is 2.59. The van der Waals surface area contributed by atoms with E-state index in [4.69, 9.17) is 9.15 Å². The van der Waals surface area contributed by atoms with Gasteiger partial charge in [-0.25, -0.2) is 0 Å². The summed E-state index contributed by atoms with van der Waals surface area (Å²) in [6, 6.07) is 2.25. The van der Waals surface area contributed by atoms with Crippen LogP contribution in [0.15, 0.2) is 16.7 Å². The fourth-order valence-electron chi connectivity index (χ4n) is 1.50. The second-order valence-electron chi connectivity index (χ2n) is 3.39. The molecule has 1 unspecified atom stereocenters. The molecular formula is C11H19NO2. The van der Waals surface area contributed by atoms with E-state index in [1.165, 1.54) is 5.56 Å². The second-order valence-corrected chi connectivity index (χ2v) is 3.39. The first kappa shape index (κ1) is 11.3. The Hall–Kier alpha value is -0.800. The monoisotopic (exact) mass is 197 g/mol. The normalized spacial score (nSPS) is 13.1. The summed E-state index contributed by atoms with van der Waals surface area (Å²) in [6.45, 7) is 5.81. The number of hydrogen-bond acceptors (Lipinski definition) is 3. The molecular weight excluding hydrogens is 178 g/mol. The molecule has 3 nitrogen and oxygen atoms in total. The zero-order valence-electron chi connectivity index (χ0n) is 9.17. The predicted molar refractivity (Wildman–Crippen MR) is 56.4 cm³/mol. The van der Waals surface area contributed by atoms with Crippen LogP contribution in [0.2, 0.25) is 0 Å². The van der Waals surface area contributed by atoms with Crippen molar-refractivity contribution in [1.29, 1.82) is 0 Å². The highest BCUT2D eigenvalue weighted by Crippen LogP contribution is 2.18. The number of rotatable bonds is 6. The summed E-state index contributed by atoms with van der Waals surface area (Å²) in [4.78, 5) is 0. The minimum absolute atomic E-state index is 0.249. The van der Waals surface area contributed by atoms with Gasteiger partial charge in [-0.1, -0.05) is 6.92 Å². The number of furan rings is 1. The Labute approximate surface area is 85.4 Å². The maximum absolute atomic E-state index is 5.28. The van der Waals surface area contributed by atoms with E-state index in [0.717, 1.165) is 18.7 Å². The van der Waals surface area contributed by atoms with Gasteiger partial charge in [0.15, 0.2) is 0 Å². The molecule has 0 saturated carbocycles. The standard InChI is InChI=1S/C11H19NO2/c1-4-6-12-11(8-13-3)10-5-7-14-9(10)2/h5,7,11-12H,4,6,8H2,1-3H3. The number of aryl methyl sites for hydroxylation is 1. The van der Waals surface area contributed by atoms with Gasteiger partial charge in [0.25, 0.3) is 0 Å². The molecule has 1 rings (SSSR count). The van der Waals surface area contributed by atoms with Crippen molar-refractivity contribution < 1.29 is 9.15 Å². The lowest BCUT2D eigenvalue weighted by Gasteiger charge is -2.16. The van der Waals surface area contributed by atoms with Gasteiger partial charge in [0, 0.05) is 12.7 Å². The topological polar surface area (TPSA) is 34.4 Å². The summed E-state index contributed by atoms with van der Waals surface area (Å²) in [7, 11) is 1.72. The molecule has 0 spiro atoms. The Morgan fingerprint density at radius 1 is 1.57 bits per heavy atom. The van der Waals surface area contributed by atoms with Gasteiger partial charge in [-0.05, 0) is 26.0 Å². The van der Waals surface area contributed by atoms with Crippen LogP contribution in [0.25, 0.3) is 0 Å². The molecule has 0 aliphatic heterocycles. The number of methoxy groups -OCH3 is 1. The smallest absolute Gasteiger partial charge is 0.105 e. The van der Waals surface area contributed by atoms with Crippen LogP contribution in [0.5, 0.6) is 0 Å². The molecule has 1 aromatic rings. The second kappa shape index (κ2) is 5.83. The molecule has 0 aliphatic carbocycles. The molecule has 0 saturated heterocycles. The Morgan fingerprint density at radius 3 is 2.86 bits per heavy atom. The largest absolute Gasteiger partial charge is 0.469 e. The summed E-state index contributed by atoms with van der Waals surface area (Å²) in [5, 5.41) is 3.43. The van der Waals surface area contributed by atoms with Crippen LogP contribution in [-0.2, 0) is 4.74 Å². The quantitative estimate of drug-likeness (QED) is 0.759. The molecule has 1 atom stereocenters. The zero-order valence-corrected chi connectivity index (χ0v) is 9.17. The van der Waals surface area contributed by atoms with Crippen LogP contribution in [0.3, 0.4) is 0 Å². The van der Waals surface area contributed by atoms with Gasteiger partial charge in [0.05, 0.1) is 18.9 Å². The molecule has 0 amide bonds. The average molecular weight is 197 g/mol. The third kappa shape index (κ3) is 2.86. The summed E-state index contributed by atoms with van der Waals surface area (Å²) in [6.07, 6.45) is 2.85. The van der Waals surface area contributed by atoms with Gasteiger partial charge < -0.3 is 14.5 Å². The zero-order chi connectivity index (χ0) is 10.4. The van der Waals surface area contributed by atoms with Crippen molar-refractivity contribution in [3.05, 3.63) is 23.7 Å². The Bertz CT molecular complexity index is 258. The van der Waals surface area contributed by atoms with Crippen molar-refractivity contribution >= 4 is 0 Å². The minimum Gasteiger partial charge on any atom is -0.469 e. The van der Waals surface area contributed by atoms with Crippen LogP contribution < -0.4 is 5.32 Å².